The Morgan fingerprint density at radius 2 is 1.86 bits per heavy atom. The highest BCUT2D eigenvalue weighted by Crippen LogP contribution is 2.34. The molecule has 1 N–H and O–H groups in total. The van der Waals surface area contributed by atoms with Gasteiger partial charge in [0, 0.05) is 17.7 Å². The van der Waals surface area contributed by atoms with Crippen LogP contribution >= 0.6 is 0 Å². The maximum absolute atomic E-state index is 13.4. The van der Waals surface area contributed by atoms with Crippen LogP contribution < -0.4 is 9.47 Å². The molecule has 106 valence electrons. The zero-order chi connectivity index (χ0) is 14.4. The topological polar surface area (TPSA) is 47.1 Å². The van der Waals surface area contributed by atoms with Gasteiger partial charge in [-0.05, 0) is 30.7 Å². The number of halogens is 1. The number of aromatic amines is 1. The van der Waals surface area contributed by atoms with Crippen LogP contribution in [0.1, 0.15) is 5.56 Å². The quantitative estimate of drug-likeness (QED) is 0.744. The molecule has 0 fully saturated rings. The number of nitrogens with zero attached hydrogens (tertiary/aromatic N) is 1. The van der Waals surface area contributed by atoms with E-state index in [-0.39, 0.29) is 5.82 Å². The number of aryl methyl sites for hydroxylation is 1. The second kappa shape index (κ2) is 4.48. The largest absolute Gasteiger partial charge is 0.486 e. The Kier molecular flexibility index (Phi) is 2.60. The monoisotopic (exact) mass is 284 g/mol. The van der Waals surface area contributed by atoms with Crippen molar-refractivity contribution in [2.75, 3.05) is 13.2 Å². The van der Waals surface area contributed by atoms with E-state index in [9.17, 15) is 4.39 Å². The molecule has 0 bridgehead atoms. The molecule has 0 atom stereocenters. The van der Waals surface area contributed by atoms with Gasteiger partial charge in [0.15, 0.2) is 11.5 Å². The molecule has 0 amide bonds. The fraction of sp³-hybridized carbons (Fsp3) is 0.188. The smallest absolute Gasteiger partial charge is 0.163 e. The number of H-pyrrole nitrogens is 1. The van der Waals surface area contributed by atoms with E-state index < -0.39 is 0 Å². The lowest BCUT2D eigenvalue weighted by atomic mass is 10.1. The number of hydrogen-bond donors (Lipinski definition) is 1. The van der Waals surface area contributed by atoms with Gasteiger partial charge in [-0.2, -0.15) is 0 Å². The normalized spacial score (nSPS) is 13.6. The van der Waals surface area contributed by atoms with Crippen LogP contribution in [0.15, 0.2) is 30.3 Å². The van der Waals surface area contributed by atoms with Crippen LogP contribution in [-0.4, -0.2) is 23.2 Å². The lowest BCUT2D eigenvalue weighted by Crippen LogP contribution is -2.15. The van der Waals surface area contributed by atoms with Crippen molar-refractivity contribution >= 4 is 11.0 Å². The molecule has 0 radical (unpaired) electrons. The van der Waals surface area contributed by atoms with E-state index in [1.165, 1.54) is 6.07 Å². The molecule has 3 aromatic rings. The summed E-state index contributed by atoms with van der Waals surface area (Å²) in [6.45, 7) is 2.84. The average Bonchev–Trinajstić information content (AvgIpc) is 2.90. The van der Waals surface area contributed by atoms with E-state index in [0.29, 0.717) is 30.4 Å². The number of rotatable bonds is 1. The Balaban J connectivity index is 1.84. The minimum atomic E-state index is -0.216. The Bertz CT molecular complexity index is 799. The third-order valence-corrected chi connectivity index (χ3v) is 3.58. The molecule has 1 aliphatic rings. The number of benzene rings is 2. The number of aromatic nitrogens is 2. The van der Waals surface area contributed by atoms with Crippen LogP contribution in [0, 0.1) is 12.7 Å². The van der Waals surface area contributed by atoms with Gasteiger partial charge in [-0.1, -0.05) is 0 Å². The zero-order valence-electron chi connectivity index (χ0n) is 11.4. The summed E-state index contributed by atoms with van der Waals surface area (Å²) in [4.78, 5) is 7.79. The molecule has 0 aliphatic carbocycles. The molecule has 0 spiro atoms. The summed E-state index contributed by atoms with van der Waals surface area (Å²) < 4.78 is 24.5. The van der Waals surface area contributed by atoms with E-state index in [1.807, 2.05) is 12.1 Å². The van der Waals surface area contributed by atoms with Gasteiger partial charge in [-0.25, -0.2) is 9.37 Å². The number of nitrogens with one attached hydrogen (secondary N) is 1. The average molecular weight is 284 g/mol. The highest BCUT2D eigenvalue weighted by molar-refractivity contribution is 5.83. The predicted octanol–water partition coefficient (Wildman–Crippen LogP) is 3.45. The van der Waals surface area contributed by atoms with E-state index in [1.54, 1.807) is 19.1 Å². The molecule has 0 saturated heterocycles. The second-order valence-electron chi connectivity index (χ2n) is 5.06. The van der Waals surface area contributed by atoms with Crippen molar-refractivity contribution in [2.45, 2.75) is 6.92 Å². The summed E-state index contributed by atoms with van der Waals surface area (Å²) in [5, 5.41) is 0. The third-order valence-electron chi connectivity index (χ3n) is 3.58. The molecular formula is C16H13FN2O2. The van der Waals surface area contributed by atoms with Crippen molar-refractivity contribution in [1.29, 1.82) is 0 Å². The van der Waals surface area contributed by atoms with Gasteiger partial charge in [0.25, 0.3) is 0 Å². The standard InChI is InChI=1S/C16H13FN2O2/c1-9-6-10(2-3-11(9)17)16-18-12-7-14-15(8-13(12)19-16)21-5-4-20-14/h2-3,6-8H,4-5H2,1H3,(H,18,19). The van der Waals surface area contributed by atoms with Crippen molar-refractivity contribution in [3.63, 3.8) is 0 Å². The van der Waals surface area contributed by atoms with Crippen LogP contribution in [0.4, 0.5) is 4.39 Å². The van der Waals surface area contributed by atoms with Crippen LogP contribution in [0.5, 0.6) is 11.5 Å². The maximum atomic E-state index is 13.4. The number of imidazole rings is 1. The Morgan fingerprint density at radius 1 is 1.10 bits per heavy atom. The first-order valence-corrected chi connectivity index (χ1v) is 6.76. The highest BCUT2D eigenvalue weighted by atomic mass is 19.1. The minimum absolute atomic E-state index is 0.216. The van der Waals surface area contributed by atoms with Crippen molar-refractivity contribution in [3.05, 3.63) is 41.7 Å². The number of hydrogen-bond acceptors (Lipinski definition) is 3. The molecule has 2 heterocycles. The number of fused-ring (bicyclic) bond motifs is 2. The van der Waals surface area contributed by atoms with Crippen molar-refractivity contribution in [2.24, 2.45) is 0 Å². The summed E-state index contributed by atoms with van der Waals surface area (Å²) in [7, 11) is 0. The fourth-order valence-corrected chi connectivity index (χ4v) is 2.48. The fourth-order valence-electron chi connectivity index (χ4n) is 2.48. The summed E-state index contributed by atoms with van der Waals surface area (Å²) in [6.07, 6.45) is 0. The first-order valence-electron chi connectivity index (χ1n) is 6.76. The number of ether oxygens (including phenoxy) is 2. The van der Waals surface area contributed by atoms with Crippen LogP contribution in [0.25, 0.3) is 22.4 Å². The molecule has 5 heteroatoms. The van der Waals surface area contributed by atoms with Crippen LogP contribution in [0.3, 0.4) is 0 Å². The van der Waals surface area contributed by atoms with Crippen LogP contribution in [0.2, 0.25) is 0 Å². The van der Waals surface area contributed by atoms with Gasteiger partial charge in [0.05, 0.1) is 11.0 Å². The van der Waals surface area contributed by atoms with Gasteiger partial charge < -0.3 is 14.5 Å². The lowest BCUT2D eigenvalue weighted by molar-refractivity contribution is 0.172. The van der Waals surface area contributed by atoms with E-state index in [0.717, 1.165) is 22.3 Å². The Labute approximate surface area is 120 Å². The first kappa shape index (κ1) is 12.2. The Morgan fingerprint density at radius 3 is 2.62 bits per heavy atom. The zero-order valence-corrected chi connectivity index (χ0v) is 11.4. The first-order chi connectivity index (χ1) is 10.2. The van der Waals surface area contributed by atoms with Crippen LogP contribution in [-0.2, 0) is 0 Å². The molecule has 0 unspecified atom stereocenters. The van der Waals surface area contributed by atoms with Crippen molar-refractivity contribution < 1.29 is 13.9 Å². The summed E-state index contributed by atoms with van der Waals surface area (Å²) in [5.41, 5.74) is 3.12. The predicted molar refractivity (Wildman–Crippen MR) is 77.2 cm³/mol. The molecule has 4 rings (SSSR count). The summed E-state index contributed by atoms with van der Waals surface area (Å²) >= 11 is 0. The van der Waals surface area contributed by atoms with Gasteiger partial charge in [0.1, 0.15) is 24.9 Å². The molecule has 4 nitrogen and oxygen atoms in total. The van der Waals surface area contributed by atoms with E-state index in [4.69, 9.17) is 9.47 Å². The lowest BCUT2D eigenvalue weighted by Gasteiger charge is -2.17. The molecule has 21 heavy (non-hydrogen) atoms. The van der Waals surface area contributed by atoms with Crippen molar-refractivity contribution in [3.8, 4) is 22.9 Å². The summed E-state index contributed by atoms with van der Waals surface area (Å²) in [6, 6.07) is 8.69. The second-order valence-corrected chi connectivity index (χ2v) is 5.06. The summed E-state index contributed by atoms with van der Waals surface area (Å²) in [5.74, 6) is 1.92. The molecule has 1 aromatic heterocycles. The maximum Gasteiger partial charge on any atom is 0.163 e. The van der Waals surface area contributed by atoms with Crippen molar-refractivity contribution in [1.82, 2.24) is 9.97 Å². The highest BCUT2D eigenvalue weighted by Gasteiger charge is 2.15. The van der Waals surface area contributed by atoms with Gasteiger partial charge in [-0.3, -0.25) is 0 Å². The molecule has 0 saturated carbocycles. The molecule has 2 aromatic carbocycles. The van der Waals surface area contributed by atoms with E-state index in [2.05, 4.69) is 9.97 Å². The van der Waals surface area contributed by atoms with Gasteiger partial charge in [0.2, 0.25) is 0 Å². The SMILES string of the molecule is Cc1cc(-c2nc3cc4c(cc3[nH]2)OCCO4)ccc1F. The molecule has 1 aliphatic heterocycles. The third kappa shape index (κ3) is 2.01. The Hall–Kier alpha value is -2.56. The molecular weight excluding hydrogens is 271 g/mol. The van der Waals surface area contributed by atoms with Gasteiger partial charge >= 0.3 is 0 Å². The van der Waals surface area contributed by atoms with Gasteiger partial charge in [-0.15, -0.1) is 0 Å². The van der Waals surface area contributed by atoms with E-state index >= 15 is 0 Å². The minimum Gasteiger partial charge on any atom is -0.486 e.